The molecule has 2 heteroatoms. The summed E-state index contributed by atoms with van der Waals surface area (Å²) in [5, 5.41) is 2.40. The molecule has 3 rings (SSSR count). The number of aliphatic imine (C=N–C) groups is 1. The molecule has 0 amide bonds. The number of isothiocyanates is 1. The van der Waals surface area contributed by atoms with Gasteiger partial charge in [-0.15, -0.1) is 0 Å². The van der Waals surface area contributed by atoms with Crippen LogP contribution < -0.4 is 0 Å². The molecule has 1 aliphatic rings. The van der Waals surface area contributed by atoms with Crippen molar-refractivity contribution in [3.05, 3.63) is 70.8 Å². The lowest BCUT2D eigenvalue weighted by molar-refractivity contribution is 0.428. The van der Waals surface area contributed by atoms with Gasteiger partial charge in [0.15, 0.2) is 0 Å². The zero-order valence-corrected chi connectivity index (χ0v) is 18.3. The molecule has 148 valence electrons. The van der Waals surface area contributed by atoms with Crippen LogP contribution in [0, 0.1) is 24.7 Å². The average molecular weight is 400 g/mol. The second-order valence-electron chi connectivity index (χ2n) is 7.90. The van der Waals surface area contributed by atoms with Crippen LogP contribution in [0.2, 0.25) is 0 Å². The van der Waals surface area contributed by atoms with E-state index in [0.717, 1.165) is 28.3 Å². The Morgan fingerprint density at radius 1 is 1.07 bits per heavy atom. The predicted molar refractivity (Wildman–Crippen MR) is 128 cm³/mol. The average Bonchev–Trinajstić information content (AvgIpc) is 2.75. The van der Waals surface area contributed by atoms with E-state index >= 15 is 0 Å². The van der Waals surface area contributed by atoms with Gasteiger partial charge in [-0.1, -0.05) is 62.7 Å². The van der Waals surface area contributed by atoms with E-state index in [1.54, 1.807) is 0 Å². The summed E-state index contributed by atoms with van der Waals surface area (Å²) in [4.78, 5) is 4.02. The molecule has 0 N–H and O–H groups in total. The number of hydrogen-bond donors (Lipinski definition) is 0. The van der Waals surface area contributed by atoms with E-state index < -0.39 is 0 Å². The lowest BCUT2D eigenvalue weighted by atomic mass is 9.84. The molecule has 0 aromatic heterocycles. The number of thiocarbonyl (C=S) groups is 1. The number of aryl methyl sites for hydroxylation is 1. The van der Waals surface area contributed by atoms with E-state index in [1.807, 2.05) is 25.1 Å². The molecule has 0 bridgehead atoms. The molecular weight excluding hydrogens is 370 g/mol. The quantitative estimate of drug-likeness (QED) is 0.208. The summed E-state index contributed by atoms with van der Waals surface area (Å²) < 4.78 is 0. The predicted octanol–water partition coefficient (Wildman–Crippen LogP) is 7.89. The van der Waals surface area contributed by atoms with Crippen molar-refractivity contribution >= 4 is 28.6 Å². The molecule has 1 unspecified atom stereocenters. The minimum absolute atomic E-state index is 0.820. The van der Waals surface area contributed by atoms with Crippen molar-refractivity contribution in [2.45, 2.75) is 58.8 Å². The third kappa shape index (κ3) is 6.26. The highest BCUT2D eigenvalue weighted by molar-refractivity contribution is 7.78. The summed E-state index contributed by atoms with van der Waals surface area (Å²) in [6.45, 7) is 4.32. The molecule has 0 radical (unpaired) electrons. The fraction of sp³-hybridized carbons (Fsp3) is 0.370. The summed E-state index contributed by atoms with van der Waals surface area (Å²) >= 11 is 4.66. The Balaban J connectivity index is 1.63. The number of hydrogen-bond acceptors (Lipinski definition) is 2. The summed E-state index contributed by atoms with van der Waals surface area (Å²) in [5.74, 6) is 7.45. The van der Waals surface area contributed by atoms with Gasteiger partial charge in [0.2, 0.25) is 0 Å². The molecule has 1 atom stereocenters. The number of allylic oxidation sites excluding steroid dienone is 2. The SMILES string of the molecule is CCCCCC1CC=C(c2ccc(C#Cc3ccc(N=C=S)cc3C)cc2)CC1. The maximum absolute atomic E-state index is 4.66. The molecule has 2 aromatic rings. The van der Waals surface area contributed by atoms with Gasteiger partial charge in [0.25, 0.3) is 0 Å². The van der Waals surface area contributed by atoms with Crippen LogP contribution in [0.5, 0.6) is 0 Å². The van der Waals surface area contributed by atoms with Gasteiger partial charge >= 0.3 is 0 Å². The monoisotopic (exact) mass is 399 g/mol. The Bertz CT molecular complexity index is 966. The van der Waals surface area contributed by atoms with Crippen LogP contribution >= 0.6 is 12.2 Å². The molecule has 0 spiro atoms. The molecule has 0 heterocycles. The minimum Gasteiger partial charge on any atom is -0.195 e. The summed E-state index contributed by atoms with van der Waals surface area (Å²) in [5.41, 5.74) is 6.83. The van der Waals surface area contributed by atoms with Crippen molar-refractivity contribution in [2.24, 2.45) is 10.9 Å². The Kier molecular flexibility index (Phi) is 8.00. The Hall–Kier alpha value is -2.46. The third-order valence-electron chi connectivity index (χ3n) is 5.72. The van der Waals surface area contributed by atoms with Crippen molar-refractivity contribution in [2.75, 3.05) is 0 Å². The van der Waals surface area contributed by atoms with E-state index in [4.69, 9.17) is 0 Å². The smallest absolute Gasteiger partial charge is 0.0743 e. The third-order valence-corrected chi connectivity index (χ3v) is 5.81. The van der Waals surface area contributed by atoms with Crippen LogP contribution in [0.1, 0.15) is 74.1 Å². The molecule has 1 aliphatic carbocycles. The van der Waals surface area contributed by atoms with Crippen LogP contribution in [0.3, 0.4) is 0 Å². The minimum atomic E-state index is 0.820. The highest BCUT2D eigenvalue weighted by atomic mass is 32.1. The fourth-order valence-electron chi connectivity index (χ4n) is 3.91. The summed E-state index contributed by atoms with van der Waals surface area (Å²) in [6.07, 6.45) is 11.7. The molecule has 0 saturated heterocycles. The van der Waals surface area contributed by atoms with Crippen molar-refractivity contribution in [1.29, 1.82) is 0 Å². The molecule has 29 heavy (non-hydrogen) atoms. The van der Waals surface area contributed by atoms with Crippen molar-refractivity contribution in [1.82, 2.24) is 0 Å². The zero-order valence-electron chi connectivity index (χ0n) is 17.5. The molecule has 0 saturated carbocycles. The van der Waals surface area contributed by atoms with Gasteiger partial charge < -0.3 is 0 Å². The lowest BCUT2D eigenvalue weighted by Gasteiger charge is -2.22. The molecular formula is C27H29NS. The van der Waals surface area contributed by atoms with E-state index in [9.17, 15) is 0 Å². The van der Waals surface area contributed by atoms with E-state index in [-0.39, 0.29) is 0 Å². The van der Waals surface area contributed by atoms with Gasteiger partial charge in [-0.2, -0.15) is 4.99 Å². The van der Waals surface area contributed by atoms with E-state index in [2.05, 4.69) is 71.5 Å². The van der Waals surface area contributed by atoms with Crippen LogP contribution in [-0.4, -0.2) is 5.16 Å². The second kappa shape index (κ2) is 10.9. The largest absolute Gasteiger partial charge is 0.195 e. The van der Waals surface area contributed by atoms with Crippen LogP contribution in [-0.2, 0) is 0 Å². The van der Waals surface area contributed by atoms with Gasteiger partial charge in [0.1, 0.15) is 0 Å². The first-order valence-corrected chi connectivity index (χ1v) is 11.1. The Labute approximate surface area is 181 Å². The van der Waals surface area contributed by atoms with Gasteiger partial charge in [-0.25, -0.2) is 0 Å². The van der Waals surface area contributed by atoms with Crippen molar-refractivity contribution < 1.29 is 0 Å². The van der Waals surface area contributed by atoms with Gasteiger partial charge in [0, 0.05) is 11.1 Å². The second-order valence-corrected chi connectivity index (χ2v) is 8.08. The molecule has 0 aliphatic heterocycles. The number of benzene rings is 2. The zero-order chi connectivity index (χ0) is 20.5. The molecule has 0 fully saturated rings. The Morgan fingerprint density at radius 3 is 2.55 bits per heavy atom. The number of unbranched alkanes of at least 4 members (excludes halogenated alkanes) is 2. The Morgan fingerprint density at radius 2 is 1.90 bits per heavy atom. The summed E-state index contributed by atoms with van der Waals surface area (Å²) in [7, 11) is 0. The van der Waals surface area contributed by atoms with Gasteiger partial charge in [0.05, 0.1) is 10.8 Å². The van der Waals surface area contributed by atoms with Crippen molar-refractivity contribution in [3.63, 3.8) is 0 Å². The first kappa shape index (κ1) is 21.3. The normalized spacial score (nSPS) is 15.7. The maximum Gasteiger partial charge on any atom is 0.0743 e. The fourth-order valence-corrected chi connectivity index (χ4v) is 4.02. The first-order chi connectivity index (χ1) is 14.2. The van der Waals surface area contributed by atoms with Crippen LogP contribution in [0.4, 0.5) is 5.69 Å². The van der Waals surface area contributed by atoms with E-state index in [1.165, 1.54) is 56.1 Å². The maximum atomic E-state index is 4.66. The van der Waals surface area contributed by atoms with Gasteiger partial charge in [-0.05, 0) is 91.4 Å². The number of nitrogens with zero attached hydrogens (tertiary/aromatic N) is 1. The summed E-state index contributed by atoms with van der Waals surface area (Å²) in [6, 6.07) is 14.6. The highest BCUT2D eigenvalue weighted by Gasteiger charge is 2.15. The van der Waals surface area contributed by atoms with Crippen LogP contribution in [0.15, 0.2) is 53.5 Å². The molecule has 2 aromatic carbocycles. The number of rotatable bonds is 6. The van der Waals surface area contributed by atoms with Crippen LogP contribution in [0.25, 0.3) is 5.57 Å². The molecule has 1 nitrogen and oxygen atoms in total. The lowest BCUT2D eigenvalue weighted by Crippen LogP contribution is -2.05. The van der Waals surface area contributed by atoms with Gasteiger partial charge in [-0.3, -0.25) is 0 Å². The standard InChI is InChI=1S/C27H29NS/c1-3-4-5-6-22-8-13-25(14-9-22)26-15-10-23(11-16-26)7-12-24-17-18-27(28-20-29)19-21(24)2/h10-11,13,15-19,22H,3-6,8-9,14H2,1-2H3. The van der Waals surface area contributed by atoms with E-state index in [0.29, 0.717) is 0 Å². The highest BCUT2D eigenvalue weighted by Crippen LogP contribution is 2.32. The van der Waals surface area contributed by atoms with Crippen molar-refractivity contribution in [3.8, 4) is 11.8 Å². The first-order valence-electron chi connectivity index (χ1n) is 10.7. The topological polar surface area (TPSA) is 12.4 Å².